The van der Waals surface area contributed by atoms with Crippen molar-refractivity contribution < 1.29 is 0 Å². The van der Waals surface area contributed by atoms with Crippen LogP contribution in [-0.4, -0.2) is 0 Å². The predicted octanol–water partition coefficient (Wildman–Crippen LogP) is 14.0. The van der Waals surface area contributed by atoms with Crippen molar-refractivity contribution in [1.82, 2.24) is 0 Å². The molecular weight excluding hydrogens is 788 g/mol. The fourth-order valence-electron chi connectivity index (χ4n) is 9.09. The topological polar surface area (TPSA) is 6.48 Å². The first-order valence-corrected chi connectivity index (χ1v) is 21.0. The van der Waals surface area contributed by atoms with Crippen LogP contribution in [0.25, 0.3) is 21.5 Å². The van der Waals surface area contributed by atoms with Crippen molar-refractivity contribution in [3.8, 4) is 0 Å². The zero-order valence-corrected chi connectivity index (χ0v) is 32.9. The Balaban J connectivity index is 1.08. The normalized spacial score (nSPS) is 20.9. The van der Waals surface area contributed by atoms with Crippen LogP contribution < -0.4 is 9.80 Å². The summed E-state index contributed by atoms with van der Waals surface area (Å²) in [5.41, 5.74) is 12.7. The Kier molecular flexibility index (Phi) is 8.61. The fourth-order valence-corrected chi connectivity index (χ4v) is 9.84. The second kappa shape index (κ2) is 13.9. The molecule has 0 bridgehead atoms. The Morgan fingerprint density at radius 2 is 0.796 bits per heavy atom. The molecule has 0 saturated carbocycles. The summed E-state index contributed by atoms with van der Waals surface area (Å²) in [5.74, 6) is 1.01. The molecule has 6 aromatic rings. The molecule has 262 valence electrons. The summed E-state index contributed by atoms with van der Waals surface area (Å²) in [4.78, 5) is 5.00. The summed E-state index contributed by atoms with van der Waals surface area (Å²) in [7, 11) is 0. The van der Waals surface area contributed by atoms with Crippen molar-refractivity contribution in [3.63, 3.8) is 0 Å². The molecule has 0 amide bonds. The Labute approximate surface area is 334 Å². The van der Waals surface area contributed by atoms with Gasteiger partial charge in [-0.2, -0.15) is 0 Å². The number of halogens is 2. The van der Waals surface area contributed by atoms with E-state index in [0.29, 0.717) is 11.8 Å². The van der Waals surface area contributed by atoms with Gasteiger partial charge in [0.05, 0.1) is 0 Å². The third-order valence-corrected chi connectivity index (χ3v) is 13.0. The van der Waals surface area contributed by atoms with Crippen LogP contribution in [0.5, 0.6) is 0 Å². The van der Waals surface area contributed by atoms with Gasteiger partial charge < -0.3 is 9.80 Å². The van der Waals surface area contributed by atoms with E-state index in [9.17, 15) is 0 Å². The first-order valence-electron chi connectivity index (χ1n) is 18.7. The highest BCUT2D eigenvalue weighted by Crippen LogP contribution is 2.56. The van der Waals surface area contributed by atoms with Gasteiger partial charge in [-0.25, -0.2) is 0 Å². The number of alkyl halides is 2. The van der Waals surface area contributed by atoms with Crippen LogP contribution >= 0.6 is 31.9 Å². The maximum atomic E-state index is 3.66. The van der Waals surface area contributed by atoms with Gasteiger partial charge in [-0.1, -0.05) is 153 Å². The standard InChI is InChI=1S/C50H38Br2N2/c51-31-33-9-19-41(20-10-33)53(43-23-13-35-5-1-3-7-39(35)29-43)47-27-17-37-16-26-46-48(28-18-38-15-25-45(47)49(37)50(38)46)54(42-21-11-34(32-52)12-22-42)44-24-14-36-6-2-4-8-40(36)30-44/h1-30,45-46,49-50H,31-32H2. The van der Waals surface area contributed by atoms with Crippen LogP contribution in [0.2, 0.25) is 0 Å². The molecule has 0 N–H and O–H groups in total. The lowest BCUT2D eigenvalue weighted by Gasteiger charge is -2.50. The van der Waals surface area contributed by atoms with E-state index in [2.05, 4.69) is 224 Å². The minimum absolute atomic E-state index is 0.202. The van der Waals surface area contributed by atoms with E-state index in [1.54, 1.807) is 0 Å². The first-order chi connectivity index (χ1) is 26.7. The van der Waals surface area contributed by atoms with Gasteiger partial charge in [0.1, 0.15) is 0 Å². The van der Waals surface area contributed by atoms with Crippen molar-refractivity contribution in [3.05, 3.63) is 216 Å². The van der Waals surface area contributed by atoms with Gasteiger partial charge >= 0.3 is 0 Å². The van der Waals surface area contributed by atoms with Gasteiger partial charge in [0.15, 0.2) is 0 Å². The fraction of sp³-hybridized carbons (Fsp3) is 0.120. The summed E-state index contributed by atoms with van der Waals surface area (Å²) in [6, 6.07) is 49.2. The average Bonchev–Trinajstić information content (AvgIpc) is 3.24. The largest absolute Gasteiger partial charge is 0.314 e. The monoisotopic (exact) mass is 824 g/mol. The molecule has 4 unspecified atom stereocenters. The number of hydrogen-bond acceptors (Lipinski definition) is 2. The molecule has 0 spiro atoms. The van der Waals surface area contributed by atoms with E-state index in [4.69, 9.17) is 0 Å². The second-order valence-corrected chi connectivity index (χ2v) is 15.8. The van der Waals surface area contributed by atoms with E-state index in [0.717, 1.165) is 10.7 Å². The maximum absolute atomic E-state index is 3.66. The van der Waals surface area contributed by atoms with Crippen molar-refractivity contribution in [2.45, 2.75) is 10.7 Å². The summed E-state index contributed by atoms with van der Waals surface area (Å²) in [6.07, 6.45) is 19.3. The molecule has 0 radical (unpaired) electrons. The molecule has 4 heteroatoms. The van der Waals surface area contributed by atoms with E-state index in [1.165, 1.54) is 78.0 Å². The Morgan fingerprint density at radius 1 is 0.407 bits per heavy atom. The third-order valence-electron chi connectivity index (χ3n) is 11.7. The third kappa shape index (κ3) is 5.75. The van der Waals surface area contributed by atoms with Gasteiger partial charge in [-0.15, -0.1) is 0 Å². The smallest absolute Gasteiger partial charge is 0.0465 e. The molecular formula is C50H38Br2N2. The molecule has 4 aliphatic rings. The van der Waals surface area contributed by atoms with Gasteiger partial charge in [-0.05, 0) is 105 Å². The lowest BCUT2D eigenvalue weighted by Crippen LogP contribution is -2.43. The number of anilines is 4. The van der Waals surface area contributed by atoms with Crippen LogP contribution in [0.3, 0.4) is 0 Å². The molecule has 0 heterocycles. The molecule has 4 aliphatic carbocycles. The Hall–Kier alpha value is -5.16. The van der Waals surface area contributed by atoms with Gasteiger partial charge in [0.25, 0.3) is 0 Å². The highest BCUT2D eigenvalue weighted by Gasteiger charge is 2.47. The number of allylic oxidation sites excluding steroid dienone is 10. The van der Waals surface area contributed by atoms with Gasteiger partial charge in [-0.3, -0.25) is 0 Å². The van der Waals surface area contributed by atoms with Crippen molar-refractivity contribution in [2.24, 2.45) is 23.7 Å². The van der Waals surface area contributed by atoms with Crippen LogP contribution in [-0.2, 0) is 10.7 Å². The molecule has 0 saturated heterocycles. The van der Waals surface area contributed by atoms with Crippen LogP contribution in [0.1, 0.15) is 11.1 Å². The number of rotatable bonds is 8. The number of nitrogens with zero attached hydrogens (tertiary/aromatic N) is 2. The predicted molar refractivity (Wildman–Crippen MR) is 235 cm³/mol. The van der Waals surface area contributed by atoms with Crippen LogP contribution in [0.4, 0.5) is 22.7 Å². The molecule has 4 atom stereocenters. The minimum atomic E-state index is 0.202. The Morgan fingerprint density at radius 3 is 1.20 bits per heavy atom. The summed E-state index contributed by atoms with van der Waals surface area (Å²) in [6.45, 7) is 0. The first kappa shape index (κ1) is 33.4. The number of fused-ring (bicyclic) bond motifs is 2. The number of hydrogen-bond donors (Lipinski definition) is 0. The van der Waals surface area contributed by atoms with Crippen LogP contribution in [0, 0.1) is 23.7 Å². The maximum Gasteiger partial charge on any atom is 0.0465 e. The highest BCUT2D eigenvalue weighted by atomic mass is 79.9. The SMILES string of the molecule is BrCc1ccc(N(C2=CC=C3C=CC4C(N(c5ccc(CBr)cc5)c5ccc6ccccc6c5)=CC=C5C=CC2C3C54)c2ccc3ccccc3c2)cc1. The quantitative estimate of drug-likeness (QED) is 0.141. The van der Waals surface area contributed by atoms with Gasteiger partial charge in [0, 0.05) is 68.5 Å². The van der Waals surface area contributed by atoms with Crippen molar-refractivity contribution >= 4 is 76.2 Å². The van der Waals surface area contributed by atoms with Gasteiger partial charge in [0.2, 0.25) is 0 Å². The average molecular weight is 827 g/mol. The zero-order chi connectivity index (χ0) is 36.2. The van der Waals surface area contributed by atoms with E-state index in [1.807, 2.05) is 0 Å². The summed E-state index contributed by atoms with van der Waals surface area (Å²) >= 11 is 7.32. The second-order valence-electron chi connectivity index (χ2n) is 14.7. The Bertz CT molecular complexity index is 2420. The molecule has 10 rings (SSSR count). The van der Waals surface area contributed by atoms with Crippen LogP contribution in [0.15, 0.2) is 205 Å². The van der Waals surface area contributed by atoms with E-state index >= 15 is 0 Å². The lowest BCUT2D eigenvalue weighted by atomic mass is 9.58. The number of benzene rings is 6. The van der Waals surface area contributed by atoms with E-state index in [-0.39, 0.29) is 11.8 Å². The zero-order valence-electron chi connectivity index (χ0n) is 29.7. The molecule has 6 aromatic carbocycles. The summed E-state index contributed by atoms with van der Waals surface area (Å²) < 4.78 is 0. The molecule has 0 fully saturated rings. The van der Waals surface area contributed by atoms with Crippen molar-refractivity contribution in [2.75, 3.05) is 9.80 Å². The molecule has 0 aliphatic heterocycles. The molecule has 54 heavy (non-hydrogen) atoms. The summed E-state index contributed by atoms with van der Waals surface area (Å²) in [5, 5.41) is 6.67. The lowest BCUT2D eigenvalue weighted by molar-refractivity contribution is 0.303. The van der Waals surface area contributed by atoms with E-state index < -0.39 is 0 Å². The molecule has 2 nitrogen and oxygen atoms in total. The minimum Gasteiger partial charge on any atom is -0.314 e. The highest BCUT2D eigenvalue weighted by molar-refractivity contribution is 9.08. The van der Waals surface area contributed by atoms with Crippen molar-refractivity contribution in [1.29, 1.82) is 0 Å². The molecule has 0 aromatic heterocycles.